The van der Waals surface area contributed by atoms with Crippen LogP contribution in [0.4, 0.5) is 5.69 Å². The minimum absolute atomic E-state index is 0.151. The number of para-hydroxylation sites is 1. The number of nitrogens with zero attached hydrogens (tertiary/aromatic N) is 1. The van der Waals surface area contributed by atoms with E-state index in [4.69, 9.17) is 15.6 Å². The molecule has 0 saturated carbocycles. The van der Waals surface area contributed by atoms with Crippen molar-refractivity contribution in [3.63, 3.8) is 0 Å². The van der Waals surface area contributed by atoms with E-state index in [2.05, 4.69) is 10.8 Å². The number of rotatable bonds is 9. The minimum atomic E-state index is -4.21. The van der Waals surface area contributed by atoms with Crippen LogP contribution in [-0.2, 0) is 24.0 Å². The summed E-state index contributed by atoms with van der Waals surface area (Å²) in [5.74, 6) is -1.23. The lowest BCUT2D eigenvalue weighted by molar-refractivity contribution is -0.137. The summed E-state index contributed by atoms with van der Waals surface area (Å²) in [6.07, 6.45) is 2.00. The maximum absolute atomic E-state index is 11.6. The summed E-state index contributed by atoms with van der Waals surface area (Å²) in [7, 11) is -4.21. The number of aryl methyl sites for hydroxylation is 2. The fraction of sp³-hybridized carbons (Fsp3) is 0.471. The highest BCUT2D eigenvalue weighted by atomic mass is 32.2. The van der Waals surface area contributed by atoms with Crippen LogP contribution in [0.5, 0.6) is 0 Å². The molecule has 0 fully saturated rings. The summed E-state index contributed by atoms with van der Waals surface area (Å²) in [5, 5.41) is 8.42. The first kappa shape index (κ1) is 24.1. The van der Waals surface area contributed by atoms with E-state index in [1.54, 1.807) is 6.92 Å². The van der Waals surface area contributed by atoms with Gasteiger partial charge in [0, 0.05) is 12.2 Å². The van der Waals surface area contributed by atoms with Gasteiger partial charge in [0.05, 0.1) is 6.61 Å². The first-order valence-electron chi connectivity index (χ1n) is 8.03. The van der Waals surface area contributed by atoms with Gasteiger partial charge in [0.15, 0.2) is 0 Å². The quantitative estimate of drug-likeness (QED) is 0.285. The third-order valence-corrected chi connectivity index (χ3v) is 4.45. The number of ether oxygens (including phenoxy) is 1. The molecule has 1 aromatic carbocycles. The van der Waals surface area contributed by atoms with Crippen LogP contribution in [0.3, 0.4) is 0 Å². The number of benzene rings is 1. The van der Waals surface area contributed by atoms with Crippen LogP contribution in [0.1, 0.15) is 24.5 Å². The Morgan fingerprint density at radius 3 is 2.35 bits per heavy atom. The third-order valence-electron chi connectivity index (χ3n) is 3.13. The molecule has 8 nitrogen and oxygen atoms in total. The zero-order chi connectivity index (χ0) is 20.2. The zero-order valence-electron chi connectivity index (χ0n) is 15.5. The SMILES string of the molecule is C=CCOCN(CCC)S(=O)(=O)OC(=O)CO.Cc1cccc(C)c1N. The van der Waals surface area contributed by atoms with E-state index in [0.29, 0.717) is 6.42 Å². The van der Waals surface area contributed by atoms with Gasteiger partial charge in [-0.05, 0) is 31.4 Å². The number of nitrogens with two attached hydrogens (primary N) is 1. The molecule has 9 heteroatoms. The molecule has 1 aromatic rings. The topological polar surface area (TPSA) is 119 Å². The summed E-state index contributed by atoms with van der Waals surface area (Å²) in [5.41, 5.74) is 8.92. The van der Waals surface area contributed by atoms with Crippen molar-refractivity contribution in [2.24, 2.45) is 0 Å². The van der Waals surface area contributed by atoms with Gasteiger partial charge in [-0.2, -0.15) is 8.42 Å². The van der Waals surface area contributed by atoms with E-state index in [0.717, 1.165) is 21.1 Å². The van der Waals surface area contributed by atoms with Crippen LogP contribution in [0.25, 0.3) is 0 Å². The Hall–Kier alpha value is -1.94. The molecule has 0 heterocycles. The van der Waals surface area contributed by atoms with Crippen molar-refractivity contribution in [3.05, 3.63) is 42.0 Å². The molecule has 148 valence electrons. The van der Waals surface area contributed by atoms with Crippen LogP contribution < -0.4 is 5.73 Å². The van der Waals surface area contributed by atoms with E-state index in [1.807, 2.05) is 32.0 Å². The molecule has 0 aliphatic rings. The molecule has 0 spiro atoms. The number of carbonyl (C=O) groups excluding carboxylic acids is 1. The van der Waals surface area contributed by atoms with Crippen LogP contribution in [0, 0.1) is 13.8 Å². The second-order valence-corrected chi connectivity index (χ2v) is 6.88. The van der Waals surface area contributed by atoms with E-state index < -0.39 is 22.9 Å². The lowest BCUT2D eigenvalue weighted by Crippen LogP contribution is -2.37. The summed E-state index contributed by atoms with van der Waals surface area (Å²) in [4.78, 5) is 10.7. The van der Waals surface area contributed by atoms with Crippen LogP contribution in [0.15, 0.2) is 30.9 Å². The van der Waals surface area contributed by atoms with Gasteiger partial charge in [-0.3, -0.25) is 0 Å². The lowest BCUT2D eigenvalue weighted by Gasteiger charge is -2.19. The molecule has 0 saturated heterocycles. The Bertz CT molecular complexity index is 656. The number of aliphatic hydroxyl groups is 1. The number of nitrogen functional groups attached to an aromatic ring is 1. The molecule has 26 heavy (non-hydrogen) atoms. The standard InChI is InChI=1S/C9H17NO6S.C8H11N/c1-3-5-10(8-15-6-4-2)17(13,14)16-9(12)7-11;1-6-4-3-5-7(2)8(6)9/h4,11H,2-3,5-8H2,1H3;3-5H,9H2,1-2H3. The third kappa shape index (κ3) is 8.95. The maximum atomic E-state index is 11.6. The van der Waals surface area contributed by atoms with Gasteiger partial charge in [0.25, 0.3) is 0 Å². The number of hydrogen-bond donors (Lipinski definition) is 2. The van der Waals surface area contributed by atoms with Gasteiger partial charge < -0.3 is 19.8 Å². The molecular weight excluding hydrogens is 360 g/mol. The Morgan fingerprint density at radius 1 is 1.35 bits per heavy atom. The van der Waals surface area contributed by atoms with Crippen LogP contribution >= 0.6 is 0 Å². The number of aliphatic hydroxyl groups excluding tert-OH is 1. The molecule has 0 amide bonds. The van der Waals surface area contributed by atoms with Crippen molar-refractivity contribution < 1.29 is 27.2 Å². The molecule has 0 aliphatic carbocycles. The van der Waals surface area contributed by atoms with E-state index in [9.17, 15) is 13.2 Å². The van der Waals surface area contributed by atoms with Crippen molar-refractivity contribution >= 4 is 22.0 Å². The minimum Gasteiger partial charge on any atom is -0.398 e. The molecule has 1 rings (SSSR count). The van der Waals surface area contributed by atoms with E-state index >= 15 is 0 Å². The van der Waals surface area contributed by atoms with Crippen molar-refractivity contribution in [2.45, 2.75) is 27.2 Å². The Labute approximate surface area is 155 Å². The van der Waals surface area contributed by atoms with Gasteiger partial charge in [-0.15, -0.1) is 10.9 Å². The smallest absolute Gasteiger partial charge is 0.389 e. The summed E-state index contributed by atoms with van der Waals surface area (Å²) < 4.78 is 33.1. The predicted octanol–water partition coefficient (Wildman–Crippen LogP) is 1.52. The number of hydrogen-bond acceptors (Lipinski definition) is 7. The van der Waals surface area contributed by atoms with Gasteiger partial charge >= 0.3 is 16.3 Å². The normalized spacial score (nSPS) is 10.8. The average Bonchev–Trinajstić information content (AvgIpc) is 2.59. The summed E-state index contributed by atoms with van der Waals surface area (Å²) >= 11 is 0. The molecule has 3 N–H and O–H groups in total. The summed E-state index contributed by atoms with van der Waals surface area (Å²) in [6, 6.07) is 6.05. The molecule has 0 bridgehead atoms. The van der Waals surface area contributed by atoms with Crippen LogP contribution in [0.2, 0.25) is 0 Å². The van der Waals surface area contributed by atoms with Crippen molar-refractivity contribution in [3.8, 4) is 0 Å². The lowest BCUT2D eigenvalue weighted by atomic mass is 10.1. The monoisotopic (exact) mass is 388 g/mol. The fourth-order valence-electron chi connectivity index (χ4n) is 1.75. The predicted molar refractivity (Wildman–Crippen MR) is 100 cm³/mol. The summed E-state index contributed by atoms with van der Waals surface area (Å²) in [6.45, 7) is 8.32. The molecule has 0 unspecified atom stereocenters. The highest BCUT2D eigenvalue weighted by Gasteiger charge is 2.25. The van der Waals surface area contributed by atoms with E-state index in [-0.39, 0.29) is 19.9 Å². The van der Waals surface area contributed by atoms with Gasteiger partial charge in [0.1, 0.15) is 13.3 Å². The Balaban J connectivity index is 0.000000577. The fourth-order valence-corrected chi connectivity index (χ4v) is 2.75. The van der Waals surface area contributed by atoms with Gasteiger partial charge in [-0.1, -0.05) is 31.2 Å². The second kappa shape index (κ2) is 12.4. The molecule has 0 aromatic heterocycles. The molecule has 0 aliphatic heterocycles. The highest BCUT2D eigenvalue weighted by Crippen LogP contribution is 2.13. The molecule has 0 atom stereocenters. The van der Waals surface area contributed by atoms with Crippen molar-refractivity contribution in [2.75, 3.05) is 32.2 Å². The maximum Gasteiger partial charge on any atom is 0.389 e. The van der Waals surface area contributed by atoms with Crippen molar-refractivity contribution in [1.82, 2.24) is 4.31 Å². The molecule has 0 radical (unpaired) electrons. The number of carbonyl (C=O) groups is 1. The van der Waals surface area contributed by atoms with E-state index in [1.165, 1.54) is 6.08 Å². The number of anilines is 1. The first-order valence-corrected chi connectivity index (χ1v) is 9.39. The van der Waals surface area contributed by atoms with Gasteiger partial charge in [-0.25, -0.2) is 4.79 Å². The first-order chi connectivity index (χ1) is 12.2. The Kier molecular flexibility index (Phi) is 11.5. The largest absolute Gasteiger partial charge is 0.398 e. The average molecular weight is 388 g/mol. The highest BCUT2D eigenvalue weighted by molar-refractivity contribution is 7.84. The van der Waals surface area contributed by atoms with Gasteiger partial charge in [0.2, 0.25) is 0 Å². The van der Waals surface area contributed by atoms with Crippen LogP contribution in [-0.4, -0.2) is 50.3 Å². The zero-order valence-corrected chi connectivity index (χ0v) is 16.3. The second-order valence-electron chi connectivity index (χ2n) is 5.34. The Morgan fingerprint density at radius 2 is 1.92 bits per heavy atom. The van der Waals surface area contributed by atoms with Crippen molar-refractivity contribution in [1.29, 1.82) is 0 Å². The molecular formula is C17H28N2O6S.